The van der Waals surface area contributed by atoms with Crippen molar-refractivity contribution >= 4 is 17.7 Å². The first-order valence-electron chi connectivity index (χ1n) is 7.12. The number of nitrogens with one attached hydrogen (secondary N) is 1. The van der Waals surface area contributed by atoms with Gasteiger partial charge in [0, 0.05) is 5.25 Å². The molecular formula is C14H30N2OS. The molecule has 0 aliphatic carbocycles. The summed E-state index contributed by atoms with van der Waals surface area (Å²) in [6.07, 6.45) is 5.63. The zero-order chi connectivity index (χ0) is 14.0. The number of hydrogen-bond donors (Lipinski definition) is 2. The third-order valence-electron chi connectivity index (χ3n) is 3.15. The van der Waals surface area contributed by atoms with Crippen LogP contribution in [0.5, 0.6) is 0 Å². The maximum absolute atomic E-state index is 11.6. The summed E-state index contributed by atoms with van der Waals surface area (Å²) in [4.78, 5) is 11.6. The SMILES string of the molecule is CCCCCSC(C)CC(C)(NCCC)C(N)=O. The Morgan fingerprint density at radius 2 is 2.00 bits per heavy atom. The van der Waals surface area contributed by atoms with E-state index in [0.29, 0.717) is 5.25 Å². The minimum Gasteiger partial charge on any atom is -0.368 e. The molecule has 0 aromatic heterocycles. The summed E-state index contributed by atoms with van der Waals surface area (Å²) in [5, 5.41) is 3.75. The van der Waals surface area contributed by atoms with E-state index in [1.54, 1.807) is 0 Å². The lowest BCUT2D eigenvalue weighted by Gasteiger charge is -2.30. The first kappa shape index (κ1) is 17.8. The molecule has 0 aliphatic heterocycles. The minimum absolute atomic E-state index is 0.239. The Morgan fingerprint density at radius 3 is 2.50 bits per heavy atom. The molecule has 0 aromatic carbocycles. The monoisotopic (exact) mass is 274 g/mol. The second-order valence-electron chi connectivity index (χ2n) is 5.22. The van der Waals surface area contributed by atoms with Crippen LogP contribution in [0.4, 0.5) is 0 Å². The van der Waals surface area contributed by atoms with Crippen molar-refractivity contribution in [2.75, 3.05) is 12.3 Å². The van der Waals surface area contributed by atoms with Crippen molar-refractivity contribution in [2.45, 2.75) is 70.6 Å². The number of carbonyl (C=O) groups excluding carboxylic acids is 1. The molecular weight excluding hydrogens is 244 g/mol. The second kappa shape index (κ2) is 9.68. The molecule has 0 aliphatic rings. The molecule has 0 spiro atoms. The van der Waals surface area contributed by atoms with Crippen molar-refractivity contribution in [3.05, 3.63) is 0 Å². The Morgan fingerprint density at radius 1 is 1.33 bits per heavy atom. The van der Waals surface area contributed by atoms with Crippen LogP contribution in [0.15, 0.2) is 0 Å². The van der Waals surface area contributed by atoms with Gasteiger partial charge in [0.05, 0.1) is 5.54 Å². The van der Waals surface area contributed by atoms with Crippen LogP contribution in [0.2, 0.25) is 0 Å². The lowest BCUT2D eigenvalue weighted by Crippen LogP contribution is -2.54. The van der Waals surface area contributed by atoms with Gasteiger partial charge < -0.3 is 11.1 Å². The molecule has 0 bridgehead atoms. The van der Waals surface area contributed by atoms with E-state index in [4.69, 9.17) is 5.73 Å². The number of nitrogens with two attached hydrogens (primary N) is 1. The summed E-state index contributed by atoms with van der Waals surface area (Å²) in [6.45, 7) is 9.26. The van der Waals surface area contributed by atoms with Crippen LogP contribution >= 0.6 is 11.8 Å². The van der Waals surface area contributed by atoms with E-state index in [9.17, 15) is 4.79 Å². The Kier molecular flexibility index (Phi) is 9.56. The van der Waals surface area contributed by atoms with Gasteiger partial charge in [-0.1, -0.05) is 33.6 Å². The highest BCUT2D eigenvalue weighted by Crippen LogP contribution is 2.23. The zero-order valence-corrected chi connectivity index (χ0v) is 13.2. The van der Waals surface area contributed by atoms with Crippen LogP contribution in [0, 0.1) is 0 Å². The molecule has 0 saturated heterocycles. The summed E-state index contributed by atoms with van der Waals surface area (Å²) in [5.74, 6) is 0.939. The molecule has 0 aromatic rings. The summed E-state index contributed by atoms with van der Waals surface area (Å²) >= 11 is 1.95. The summed E-state index contributed by atoms with van der Waals surface area (Å²) in [5.41, 5.74) is 4.96. The quantitative estimate of drug-likeness (QED) is 0.570. The van der Waals surface area contributed by atoms with E-state index in [2.05, 4.69) is 26.1 Å². The number of hydrogen-bond acceptors (Lipinski definition) is 3. The van der Waals surface area contributed by atoms with E-state index in [-0.39, 0.29) is 5.91 Å². The molecule has 0 radical (unpaired) electrons. The smallest absolute Gasteiger partial charge is 0.237 e. The van der Waals surface area contributed by atoms with E-state index in [1.165, 1.54) is 25.0 Å². The van der Waals surface area contributed by atoms with Crippen molar-refractivity contribution < 1.29 is 4.79 Å². The van der Waals surface area contributed by atoms with Gasteiger partial charge in [0.25, 0.3) is 0 Å². The fourth-order valence-electron chi connectivity index (χ4n) is 1.93. The third-order valence-corrected chi connectivity index (χ3v) is 4.42. The highest BCUT2D eigenvalue weighted by Gasteiger charge is 2.31. The maximum Gasteiger partial charge on any atom is 0.237 e. The van der Waals surface area contributed by atoms with Gasteiger partial charge in [-0.2, -0.15) is 11.8 Å². The standard InChI is InChI=1S/C14H30N2OS/c1-5-7-8-10-18-12(3)11-14(4,13(15)17)16-9-6-2/h12,16H,5-11H2,1-4H3,(H2,15,17). The Balaban J connectivity index is 4.10. The molecule has 0 fully saturated rings. The Hall–Kier alpha value is -0.220. The molecule has 0 heterocycles. The third kappa shape index (κ3) is 7.27. The number of carbonyl (C=O) groups is 1. The lowest BCUT2D eigenvalue weighted by atomic mass is 9.95. The molecule has 0 rings (SSSR count). The summed E-state index contributed by atoms with van der Waals surface area (Å²) in [6, 6.07) is 0. The summed E-state index contributed by atoms with van der Waals surface area (Å²) in [7, 11) is 0. The van der Waals surface area contributed by atoms with Gasteiger partial charge in [0.15, 0.2) is 0 Å². The van der Waals surface area contributed by atoms with E-state index >= 15 is 0 Å². The van der Waals surface area contributed by atoms with Gasteiger partial charge in [0.2, 0.25) is 5.91 Å². The van der Waals surface area contributed by atoms with Gasteiger partial charge in [-0.05, 0) is 38.5 Å². The second-order valence-corrected chi connectivity index (χ2v) is 6.76. The van der Waals surface area contributed by atoms with Gasteiger partial charge in [-0.3, -0.25) is 4.79 Å². The molecule has 2 unspecified atom stereocenters. The minimum atomic E-state index is -0.562. The Bertz CT molecular complexity index is 236. The number of unbranched alkanes of at least 4 members (excludes halogenated alkanes) is 2. The molecule has 18 heavy (non-hydrogen) atoms. The fraction of sp³-hybridized carbons (Fsp3) is 0.929. The number of rotatable bonds is 11. The van der Waals surface area contributed by atoms with Gasteiger partial charge >= 0.3 is 0 Å². The van der Waals surface area contributed by atoms with Gasteiger partial charge in [-0.25, -0.2) is 0 Å². The first-order valence-corrected chi connectivity index (χ1v) is 8.17. The molecule has 3 nitrogen and oxygen atoms in total. The highest BCUT2D eigenvalue weighted by molar-refractivity contribution is 7.99. The normalized spacial score (nSPS) is 16.2. The first-order chi connectivity index (χ1) is 8.46. The molecule has 0 saturated carbocycles. The Labute approximate surface area is 117 Å². The van der Waals surface area contributed by atoms with Crippen LogP contribution in [0.1, 0.15) is 59.8 Å². The van der Waals surface area contributed by atoms with Crippen molar-refractivity contribution in [1.82, 2.24) is 5.32 Å². The van der Waals surface area contributed by atoms with Crippen molar-refractivity contribution in [3.8, 4) is 0 Å². The van der Waals surface area contributed by atoms with Crippen molar-refractivity contribution in [2.24, 2.45) is 5.73 Å². The number of thioether (sulfide) groups is 1. The highest BCUT2D eigenvalue weighted by atomic mass is 32.2. The largest absolute Gasteiger partial charge is 0.368 e. The number of amides is 1. The van der Waals surface area contributed by atoms with Crippen LogP contribution in [-0.4, -0.2) is 29.0 Å². The van der Waals surface area contributed by atoms with Crippen LogP contribution in [0.25, 0.3) is 0 Å². The number of primary amides is 1. The van der Waals surface area contributed by atoms with Crippen LogP contribution in [-0.2, 0) is 4.79 Å². The van der Waals surface area contributed by atoms with Gasteiger partial charge in [0.1, 0.15) is 0 Å². The van der Waals surface area contributed by atoms with Crippen LogP contribution in [0.3, 0.4) is 0 Å². The predicted octanol–water partition coefficient (Wildman–Crippen LogP) is 2.93. The van der Waals surface area contributed by atoms with Crippen LogP contribution < -0.4 is 11.1 Å². The van der Waals surface area contributed by atoms with E-state index < -0.39 is 5.54 Å². The predicted molar refractivity (Wildman–Crippen MR) is 82.0 cm³/mol. The molecule has 3 N–H and O–H groups in total. The topological polar surface area (TPSA) is 55.1 Å². The van der Waals surface area contributed by atoms with Crippen molar-refractivity contribution in [3.63, 3.8) is 0 Å². The molecule has 4 heteroatoms. The van der Waals surface area contributed by atoms with E-state index in [1.807, 2.05) is 18.7 Å². The average Bonchev–Trinajstić information content (AvgIpc) is 2.32. The molecule has 108 valence electrons. The molecule has 1 amide bonds. The van der Waals surface area contributed by atoms with Gasteiger partial charge in [-0.15, -0.1) is 0 Å². The molecule has 2 atom stereocenters. The fourth-order valence-corrected chi connectivity index (χ4v) is 3.16. The van der Waals surface area contributed by atoms with E-state index in [0.717, 1.165) is 19.4 Å². The van der Waals surface area contributed by atoms with Crippen molar-refractivity contribution in [1.29, 1.82) is 0 Å². The average molecular weight is 274 g/mol. The lowest BCUT2D eigenvalue weighted by molar-refractivity contribution is -0.124. The summed E-state index contributed by atoms with van der Waals surface area (Å²) < 4.78 is 0. The maximum atomic E-state index is 11.6. The zero-order valence-electron chi connectivity index (χ0n) is 12.4.